The van der Waals surface area contributed by atoms with Crippen molar-refractivity contribution in [3.8, 4) is 11.7 Å². The first-order valence-electron chi connectivity index (χ1n) is 5.55. The molecule has 2 aromatic rings. The van der Waals surface area contributed by atoms with Gasteiger partial charge >= 0.3 is 5.97 Å². The van der Waals surface area contributed by atoms with Gasteiger partial charge in [-0.05, 0) is 6.07 Å². The summed E-state index contributed by atoms with van der Waals surface area (Å²) in [4.78, 5) is 15.2. The van der Waals surface area contributed by atoms with Crippen molar-refractivity contribution >= 4 is 40.8 Å². The highest BCUT2D eigenvalue weighted by Crippen LogP contribution is 2.32. The van der Waals surface area contributed by atoms with E-state index in [1.807, 2.05) is 0 Å². The standard InChI is InChI=1S/C11H6Cl3F2N3O3/c12-4-1-5(13)9(17-2-4)19-8(11(20)21)7(14)10(18-19)22-3-6(15)16/h1-2,6H,3H2,(H,20,21). The molecule has 0 spiro atoms. The zero-order chi connectivity index (χ0) is 16.4. The second-order valence-electron chi connectivity index (χ2n) is 3.85. The quantitative estimate of drug-likeness (QED) is 0.868. The minimum Gasteiger partial charge on any atom is -0.476 e. The van der Waals surface area contributed by atoms with Gasteiger partial charge in [0.05, 0.1) is 10.0 Å². The van der Waals surface area contributed by atoms with Crippen LogP contribution in [0.5, 0.6) is 5.88 Å². The van der Waals surface area contributed by atoms with Crippen LogP contribution in [-0.2, 0) is 0 Å². The van der Waals surface area contributed by atoms with Crippen LogP contribution in [0, 0.1) is 0 Å². The minimum absolute atomic E-state index is 0.00502. The van der Waals surface area contributed by atoms with Crippen LogP contribution in [-0.4, -0.2) is 38.9 Å². The van der Waals surface area contributed by atoms with Crippen molar-refractivity contribution in [3.05, 3.63) is 33.0 Å². The number of ether oxygens (including phenoxy) is 1. The Balaban J connectivity index is 2.54. The fourth-order valence-corrected chi connectivity index (χ4v) is 2.23. The van der Waals surface area contributed by atoms with Gasteiger partial charge in [0.15, 0.2) is 18.1 Å². The van der Waals surface area contributed by atoms with Crippen molar-refractivity contribution in [2.45, 2.75) is 6.43 Å². The molecule has 0 atom stereocenters. The summed E-state index contributed by atoms with van der Waals surface area (Å²) in [5.74, 6) is -2.01. The molecular formula is C11H6Cl3F2N3O3. The number of carbonyl (C=O) groups is 1. The molecule has 0 radical (unpaired) electrons. The molecule has 118 valence electrons. The molecule has 0 bridgehead atoms. The number of rotatable bonds is 5. The van der Waals surface area contributed by atoms with Crippen molar-refractivity contribution in [2.75, 3.05) is 6.61 Å². The molecule has 0 aliphatic heterocycles. The van der Waals surface area contributed by atoms with Gasteiger partial charge in [-0.25, -0.2) is 23.2 Å². The molecule has 0 aliphatic rings. The van der Waals surface area contributed by atoms with Gasteiger partial charge in [0, 0.05) is 6.20 Å². The van der Waals surface area contributed by atoms with Crippen molar-refractivity contribution in [1.29, 1.82) is 0 Å². The molecule has 0 aliphatic carbocycles. The molecule has 2 rings (SSSR count). The van der Waals surface area contributed by atoms with Crippen LogP contribution in [0.25, 0.3) is 5.82 Å². The number of carboxylic acid groups (broad SMARTS) is 1. The Kier molecular flexibility index (Phi) is 5.05. The first-order valence-corrected chi connectivity index (χ1v) is 6.68. The number of aromatic carboxylic acids is 1. The van der Waals surface area contributed by atoms with E-state index in [1.165, 1.54) is 12.3 Å². The summed E-state index contributed by atoms with van der Waals surface area (Å²) < 4.78 is 29.8. The predicted molar refractivity (Wildman–Crippen MR) is 74.8 cm³/mol. The number of pyridine rings is 1. The van der Waals surface area contributed by atoms with E-state index in [1.54, 1.807) is 0 Å². The molecule has 22 heavy (non-hydrogen) atoms. The molecular weight excluding hydrogens is 366 g/mol. The van der Waals surface area contributed by atoms with Crippen LogP contribution in [0.1, 0.15) is 10.5 Å². The summed E-state index contributed by atoms with van der Waals surface area (Å²) in [5, 5.41) is 12.7. The Bertz CT molecular complexity index is 724. The predicted octanol–water partition coefficient (Wildman–Crippen LogP) is 3.57. The Morgan fingerprint density at radius 2 is 2.09 bits per heavy atom. The summed E-state index contributed by atoms with van der Waals surface area (Å²) in [6.07, 6.45) is -1.56. The van der Waals surface area contributed by atoms with Crippen molar-refractivity contribution in [1.82, 2.24) is 14.8 Å². The molecule has 6 nitrogen and oxygen atoms in total. The number of hydrogen-bond donors (Lipinski definition) is 1. The lowest BCUT2D eigenvalue weighted by atomic mass is 10.4. The lowest BCUT2D eigenvalue weighted by Gasteiger charge is -2.05. The van der Waals surface area contributed by atoms with Crippen LogP contribution < -0.4 is 4.74 Å². The zero-order valence-electron chi connectivity index (χ0n) is 10.4. The van der Waals surface area contributed by atoms with Crippen molar-refractivity contribution in [3.63, 3.8) is 0 Å². The highest BCUT2D eigenvalue weighted by atomic mass is 35.5. The fourth-order valence-electron chi connectivity index (χ4n) is 1.51. The summed E-state index contributed by atoms with van der Waals surface area (Å²) >= 11 is 17.4. The van der Waals surface area contributed by atoms with Gasteiger partial charge in [0.1, 0.15) is 5.02 Å². The zero-order valence-corrected chi connectivity index (χ0v) is 12.7. The average molecular weight is 373 g/mol. The van der Waals surface area contributed by atoms with Gasteiger partial charge in [-0.15, -0.1) is 5.10 Å². The van der Waals surface area contributed by atoms with E-state index in [0.29, 0.717) is 0 Å². The highest BCUT2D eigenvalue weighted by molar-refractivity contribution is 6.36. The third kappa shape index (κ3) is 3.40. The number of carboxylic acids is 1. The maximum Gasteiger partial charge on any atom is 0.356 e. The van der Waals surface area contributed by atoms with Crippen LogP contribution in [0.15, 0.2) is 12.3 Å². The number of alkyl halides is 2. The first-order chi connectivity index (χ1) is 10.3. The fraction of sp³-hybridized carbons (Fsp3) is 0.182. The van der Waals surface area contributed by atoms with Crippen molar-refractivity contribution < 1.29 is 23.4 Å². The Morgan fingerprint density at radius 3 is 2.64 bits per heavy atom. The summed E-state index contributed by atoms with van der Waals surface area (Å²) in [7, 11) is 0. The molecule has 0 saturated carbocycles. The number of hydrogen-bond acceptors (Lipinski definition) is 4. The third-order valence-corrected chi connectivity index (χ3v) is 3.16. The molecule has 2 aromatic heterocycles. The van der Waals surface area contributed by atoms with E-state index in [2.05, 4.69) is 14.8 Å². The number of aromatic nitrogens is 3. The van der Waals surface area contributed by atoms with Gasteiger partial charge in [-0.1, -0.05) is 34.8 Å². The third-order valence-electron chi connectivity index (χ3n) is 2.34. The topological polar surface area (TPSA) is 77.2 Å². The molecule has 11 heteroatoms. The monoisotopic (exact) mass is 371 g/mol. The van der Waals surface area contributed by atoms with Gasteiger partial charge < -0.3 is 9.84 Å². The van der Waals surface area contributed by atoms with E-state index in [-0.39, 0.29) is 15.9 Å². The second-order valence-corrected chi connectivity index (χ2v) is 5.07. The van der Waals surface area contributed by atoms with Crippen LogP contribution in [0.2, 0.25) is 15.1 Å². The van der Waals surface area contributed by atoms with E-state index >= 15 is 0 Å². The molecule has 0 fully saturated rings. The maximum atomic E-state index is 12.2. The molecule has 0 saturated heterocycles. The molecule has 1 N–H and O–H groups in total. The van der Waals surface area contributed by atoms with Crippen LogP contribution >= 0.6 is 34.8 Å². The summed E-state index contributed by atoms with van der Waals surface area (Å²) in [5.41, 5.74) is -0.525. The maximum absolute atomic E-state index is 12.2. The largest absolute Gasteiger partial charge is 0.476 e. The molecule has 2 heterocycles. The van der Waals surface area contributed by atoms with E-state index in [4.69, 9.17) is 34.8 Å². The van der Waals surface area contributed by atoms with E-state index in [0.717, 1.165) is 4.68 Å². The molecule has 0 aromatic carbocycles. The second kappa shape index (κ2) is 6.64. The molecule has 0 amide bonds. The normalized spacial score (nSPS) is 11.0. The van der Waals surface area contributed by atoms with Gasteiger partial charge in [0.25, 0.3) is 12.3 Å². The number of halogens is 5. The average Bonchev–Trinajstić information content (AvgIpc) is 2.73. The van der Waals surface area contributed by atoms with Gasteiger partial charge in [0.2, 0.25) is 0 Å². The lowest BCUT2D eigenvalue weighted by Crippen LogP contribution is -2.10. The Hall–Kier alpha value is -1.64. The van der Waals surface area contributed by atoms with Gasteiger partial charge in [-0.2, -0.15) is 0 Å². The highest BCUT2D eigenvalue weighted by Gasteiger charge is 2.26. The summed E-state index contributed by atoms with van der Waals surface area (Å²) in [6.45, 7) is -0.989. The summed E-state index contributed by atoms with van der Waals surface area (Å²) in [6, 6.07) is 1.31. The Morgan fingerprint density at radius 1 is 1.41 bits per heavy atom. The lowest BCUT2D eigenvalue weighted by molar-refractivity contribution is 0.0687. The molecule has 0 unspecified atom stereocenters. The number of nitrogens with zero attached hydrogens (tertiary/aromatic N) is 3. The van der Waals surface area contributed by atoms with E-state index < -0.39 is 35.6 Å². The SMILES string of the molecule is O=C(O)c1c(Cl)c(OCC(F)F)nn1-c1ncc(Cl)cc1Cl. The smallest absolute Gasteiger partial charge is 0.356 e. The minimum atomic E-state index is -2.77. The van der Waals surface area contributed by atoms with Crippen molar-refractivity contribution in [2.24, 2.45) is 0 Å². The van der Waals surface area contributed by atoms with Gasteiger partial charge in [-0.3, -0.25) is 0 Å². The first kappa shape index (κ1) is 16.7. The van der Waals surface area contributed by atoms with Crippen LogP contribution in [0.3, 0.4) is 0 Å². The Labute approximate surface area is 137 Å². The van der Waals surface area contributed by atoms with E-state index in [9.17, 15) is 18.7 Å². The van der Waals surface area contributed by atoms with Crippen LogP contribution in [0.4, 0.5) is 8.78 Å².